The Morgan fingerprint density at radius 2 is 2.08 bits per heavy atom. The number of aromatic nitrogens is 4. The van der Waals surface area contributed by atoms with Crippen LogP contribution in [0.5, 0.6) is 0 Å². The molecule has 0 saturated heterocycles. The van der Waals surface area contributed by atoms with Crippen LogP contribution in [0, 0.1) is 0 Å². The molecular weight excluding hydrogens is 322 g/mol. The maximum Gasteiger partial charge on any atom is 0.349 e. The Bertz CT molecular complexity index is 1060. The third kappa shape index (κ3) is 2.84. The molecular formula is C17H21N5O3. The normalized spacial score (nSPS) is 12.6. The number of aromatic amines is 1. The minimum atomic E-state index is -0.440. The number of benzene rings is 1. The summed E-state index contributed by atoms with van der Waals surface area (Å²) in [5.41, 5.74) is 0.110. The monoisotopic (exact) mass is 343 g/mol. The van der Waals surface area contributed by atoms with Crippen molar-refractivity contribution in [3.05, 3.63) is 44.6 Å². The first-order valence-electron chi connectivity index (χ1n) is 8.42. The molecule has 0 fully saturated rings. The first kappa shape index (κ1) is 16.9. The zero-order valence-electron chi connectivity index (χ0n) is 14.5. The fourth-order valence-electron chi connectivity index (χ4n) is 2.80. The molecule has 1 atom stereocenters. The van der Waals surface area contributed by atoms with Gasteiger partial charge in [-0.2, -0.15) is 0 Å². The van der Waals surface area contributed by atoms with Crippen molar-refractivity contribution in [1.82, 2.24) is 24.5 Å². The van der Waals surface area contributed by atoms with E-state index in [1.54, 1.807) is 18.2 Å². The second kappa shape index (κ2) is 6.54. The molecule has 132 valence electrons. The first-order valence-corrected chi connectivity index (χ1v) is 8.42. The quantitative estimate of drug-likeness (QED) is 0.728. The number of carbonyl (C=O) groups is 1. The Kier molecular flexibility index (Phi) is 4.43. The van der Waals surface area contributed by atoms with Crippen LogP contribution in [0.1, 0.15) is 44.0 Å². The molecule has 2 N–H and O–H groups in total. The van der Waals surface area contributed by atoms with Gasteiger partial charge < -0.3 is 5.32 Å². The molecule has 8 heteroatoms. The van der Waals surface area contributed by atoms with Crippen molar-refractivity contribution in [3.63, 3.8) is 0 Å². The zero-order chi connectivity index (χ0) is 18.1. The summed E-state index contributed by atoms with van der Waals surface area (Å²) < 4.78 is 2.81. The van der Waals surface area contributed by atoms with Crippen molar-refractivity contribution in [1.29, 1.82) is 0 Å². The molecule has 0 spiro atoms. The van der Waals surface area contributed by atoms with E-state index < -0.39 is 5.69 Å². The number of nitrogens with zero attached hydrogens (tertiary/aromatic N) is 3. The highest BCUT2D eigenvalue weighted by Gasteiger charge is 2.16. The lowest BCUT2D eigenvalue weighted by Crippen LogP contribution is -2.32. The van der Waals surface area contributed by atoms with Gasteiger partial charge in [0, 0.05) is 18.2 Å². The van der Waals surface area contributed by atoms with Crippen LogP contribution in [0.4, 0.5) is 0 Å². The molecule has 0 bridgehead atoms. The Morgan fingerprint density at radius 1 is 1.32 bits per heavy atom. The van der Waals surface area contributed by atoms with E-state index in [1.807, 2.05) is 20.8 Å². The van der Waals surface area contributed by atoms with Crippen LogP contribution in [0.3, 0.4) is 0 Å². The molecule has 3 aromatic rings. The number of carbonyl (C=O) groups excluding carboxylic acids is 1. The topological polar surface area (TPSA) is 101 Å². The van der Waals surface area contributed by atoms with Gasteiger partial charge in [0.25, 0.3) is 11.5 Å². The molecule has 1 aromatic carbocycles. The van der Waals surface area contributed by atoms with Gasteiger partial charge in [0.1, 0.15) is 0 Å². The summed E-state index contributed by atoms with van der Waals surface area (Å²) >= 11 is 0. The SMILES string of the molecule is CCCn1c(=O)c2ccc(C(=O)N[C@H](C)CC)cc2n2c(=O)[nH]nc12. The highest BCUT2D eigenvalue weighted by molar-refractivity contribution is 5.98. The summed E-state index contributed by atoms with van der Waals surface area (Å²) in [4.78, 5) is 37.3. The third-order valence-electron chi connectivity index (χ3n) is 4.31. The van der Waals surface area contributed by atoms with Crippen LogP contribution in [0.15, 0.2) is 27.8 Å². The molecule has 2 aromatic heterocycles. The standard InChI is InChI=1S/C17H21N5O3/c1-4-8-21-15(24)12-7-6-11(14(23)18-10(3)5-2)9-13(12)22-16(21)19-20-17(22)25/h6-7,9-10H,4-5,8H2,1-3H3,(H,18,23)(H,20,25)/t10-/m1/s1. The second-order valence-corrected chi connectivity index (χ2v) is 6.14. The summed E-state index contributed by atoms with van der Waals surface area (Å²) in [5.74, 6) is 0.0162. The summed E-state index contributed by atoms with van der Waals surface area (Å²) in [6.45, 7) is 6.30. The van der Waals surface area contributed by atoms with Gasteiger partial charge in [0.15, 0.2) is 0 Å². The molecule has 0 saturated carbocycles. The van der Waals surface area contributed by atoms with E-state index in [9.17, 15) is 14.4 Å². The van der Waals surface area contributed by atoms with E-state index in [0.29, 0.717) is 23.0 Å². The van der Waals surface area contributed by atoms with Gasteiger partial charge in [0.05, 0.1) is 10.9 Å². The van der Waals surface area contributed by atoms with Crippen molar-refractivity contribution in [2.24, 2.45) is 0 Å². The van der Waals surface area contributed by atoms with E-state index in [4.69, 9.17) is 0 Å². The second-order valence-electron chi connectivity index (χ2n) is 6.14. The highest BCUT2D eigenvalue weighted by atomic mass is 16.2. The maximum atomic E-state index is 12.7. The van der Waals surface area contributed by atoms with Crippen molar-refractivity contribution >= 4 is 22.6 Å². The van der Waals surface area contributed by atoms with E-state index in [2.05, 4.69) is 15.5 Å². The lowest BCUT2D eigenvalue weighted by molar-refractivity contribution is 0.0939. The number of amides is 1. The van der Waals surface area contributed by atoms with Gasteiger partial charge >= 0.3 is 5.69 Å². The number of fused-ring (bicyclic) bond motifs is 3. The average Bonchev–Trinajstić information content (AvgIpc) is 2.99. The van der Waals surface area contributed by atoms with Crippen LogP contribution in [-0.4, -0.2) is 31.1 Å². The number of nitrogens with one attached hydrogen (secondary N) is 2. The lowest BCUT2D eigenvalue weighted by atomic mass is 10.1. The number of aryl methyl sites for hydroxylation is 1. The fraction of sp³-hybridized carbons (Fsp3) is 0.412. The van der Waals surface area contributed by atoms with Crippen molar-refractivity contribution in [3.8, 4) is 0 Å². The Hall–Kier alpha value is -2.90. The van der Waals surface area contributed by atoms with E-state index in [1.165, 1.54) is 8.97 Å². The van der Waals surface area contributed by atoms with Crippen LogP contribution >= 0.6 is 0 Å². The molecule has 25 heavy (non-hydrogen) atoms. The van der Waals surface area contributed by atoms with Gasteiger partial charge in [-0.15, -0.1) is 5.10 Å². The van der Waals surface area contributed by atoms with Gasteiger partial charge in [-0.1, -0.05) is 13.8 Å². The minimum absolute atomic E-state index is 0.0393. The molecule has 0 aliphatic rings. The number of hydrogen-bond donors (Lipinski definition) is 2. The smallest absolute Gasteiger partial charge is 0.349 e. The van der Waals surface area contributed by atoms with Gasteiger partial charge in [-0.3, -0.25) is 14.2 Å². The molecule has 3 rings (SSSR count). The lowest BCUT2D eigenvalue weighted by Gasteiger charge is -2.13. The largest absolute Gasteiger partial charge is 0.350 e. The predicted octanol–water partition coefficient (Wildman–Crippen LogP) is 1.28. The Morgan fingerprint density at radius 3 is 2.76 bits per heavy atom. The summed E-state index contributed by atoms with van der Waals surface area (Å²) in [6, 6.07) is 4.80. The minimum Gasteiger partial charge on any atom is -0.350 e. The van der Waals surface area contributed by atoms with Crippen LogP contribution in [0.25, 0.3) is 16.7 Å². The van der Waals surface area contributed by atoms with E-state index >= 15 is 0 Å². The van der Waals surface area contributed by atoms with Gasteiger partial charge in [-0.25, -0.2) is 14.3 Å². The molecule has 0 aliphatic heterocycles. The predicted molar refractivity (Wildman–Crippen MR) is 95.1 cm³/mol. The zero-order valence-corrected chi connectivity index (χ0v) is 14.5. The van der Waals surface area contributed by atoms with Gasteiger partial charge in [0.2, 0.25) is 5.78 Å². The van der Waals surface area contributed by atoms with Crippen molar-refractivity contribution < 1.29 is 4.79 Å². The fourth-order valence-corrected chi connectivity index (χ4v) is 2.80. The molecule has 0 aliphatic carbocycles. The summed E-state index contributed by atoms with van der Waals surface area (Å²) in [6.07, 6.45) is 1.55. The first-order chi connectivity index (χ1) is 12.0. The number of H-pyrrole nitrogens is 1. The molecule has 1 amide bonds. The molecule has 8 nitrogen and oxygen atoms in total. The van der Waals surface area contributed by atoms with Gasteiger partial charge in [-0.05, 0) is 38.0 Å². The Balaban J connectivity index is 2.26. The molecule has 0 radical (unpaired) electrons. The van der Waals surface area contributed by atoms with Crippen LogP contribution < -0.4 is 16.6 Å². The van der Waals surface area contributed by atoms with Crippen LogP contribution in [0.2, 0.25) is 0 Å². The number of hydrogen-bond acceptors (Lipinski definition) is 4. The average molecular weight is 343 g/mol. The highest BCUT2D eigenvalue weighted by Crippen LogP contribution is 2.14. The van der Waals surface area contributed by atoms with E-state index in [-0.39, 0.29) is 23.3 Å². The Labute approximate surface area is 143 Å². The van der Waals surface area contributed by atoms with Crippen molar-refractivity contribution in [2.45, 2.75) is 46.2 Å². The number of rotatable bonds is 5. The van der Waals surface area contributed by atoms with E-state index in [0.717, 1.165) is 12.8 Å². The molecule has 0 unspecified atom stereocenters. The summed E-state index contributed by atoms with van der Waals surface area (Å²) in [7, 11) is 0. The third-order valence-corrected chi connectivity index (χ3v) is 4.31. The van der Waals surface area contributed by atoms with Crippen molar-refractivity contribution in [2.75, 3.05) is 0 Å². The molecule has 2 heterocycles. The van der Waals surface area contributed by atoms with Crippen LogP contribution in [-0.2, 0) is 6.54 Å². The summed E-state index contributed by atoms with van der Waals surface area (Å²) in [5, 5.41) is 9.61. The maximum absolute atomic E-state index is 12.7.